The van der Waals surface area contributed by atoms with Gasteiger partial charge in [-0.15, -0.1) is 0 Å². The molecule has 0 spiro atoms. The van der Waals surface area contributed by atoms with Crippen LogP contribution < -0.4 is 9.47 Å². The monoisotopic (exact) mass is 350 g/mol. The lowest BCUT2D eigenvalue weighted by molar-refractivity contribution is -0.140. The molecule has 0 fully saturated rings. The third kappa shape index (κ3) is 5.65. The van der Waals surface area contributed by atoms with Gasteiger partial charge in [-0.2, -0.15) is 0 Å². The molecular formula is C21H34O4. The largest absolute Gasteiger partial charge is 0.496 e. The van der Waals surface area contributed by atoms with Crippen LogP contribution in [0.25, 0.3) is 0 Å². The van der Waals surface area contributed by atoms with Crippen LogP contribution in [-0.4, -0.2) is 26.8 Å². The van der Waals surface area contributed by atoms with E-state index >= 15 is 0 Å². The Hall–Kier alpha value is -1.71. The summed E-state index contributed by atoms with van der Waals surface area (Å²) in [6.45, 7) is 13.5. The second-order valence-electron chi connectivity index (χ2n) is 8.05. The van der Waals surface area contributed by atoms with Crippen LogP contribution in [0.5, 0.6) is 11.5 Å². The van der Waals surface area contributed by atoms with Gasteiger partial charge in [0.1, 0.15) is 11.5 Å². The van der Waals surface area contributed by atoms with E-state index in [2.05, 4.69) is 46.8 Å². The maximum atomic E-state index is 11.4. The summed E-state index contributed by atoms with van der Waals surface area (Å²) in [5.74, 6) is 1.61. The van der Waals surface area contributed by atoms with Crippen molar-refractivity contribution in [1.82, 2.24) is 0 Å². The summed E-state index contributed by atoms with van der Waals surface area (Å²) in [5.41, 5.74) is 2.07. The average molecular weight is 350 g/mol. The molecule has 0 heterocycles. The highest BCUT2D eigenvalue weighted by Crippen LogP contribution is 2.43. The second-order valence-corrected chi connectivity index (χ2v) is 8.05. The summed E-state index contributed by atoms with van der Waals surface area (Å²) >= 11 is 0. The van der Waals surface area contributed by atoms with Crippen LogP contribution in [0.3, 0.4) is 0 Å². The van der Waals surface area contributed by atoms with E-state index < -0.39 is 0 Å². The number of carbonyl (C=O) groups excluding carboxylic acids is 1. The van der Waals surface area contributed by atoms with Crippen LogP contribution in [0, 0.1) is 0 Å². The summed E-state index contributed by atoms with van der Waals surface area (Å²) in [7, 11) is 3.13. The van der Waals surface area contributed by atoms with E-state index in [0.717, 1.165) is 35.5 Å². The normalized spacial score (nSPS) is 12.0. The number of carbonyl (C=O) groups is 1. The van der Waals surface area contributed by atoms with Crippen molar-refractivity contribution in [3.05, 3.63) is 23.3 Å². The summed E-state index contributed by atoms with van der Waals surface area (Å²) in [6, 6.07) is 4.21. The molecule has 4 nitrogen and oxygen atoms in total. The highest BCUT2D eigenvalue weighted by molar-refractivity contribution is 5.69. The van der Waals surface area contributed by atoms with Gasteiger partial charge < -0.3 is 14.2 Å². The van der Waals surface area contributed by atoms with E-state index in [1.165, 1.54) is 7.11 Å². The van der Waals surface area contributed by atoms with Crippen LogP contribution in [0.15, 0.2) is 12.1 Å². The minimum atomic E-state index is -0.166. The van der Waals surface area contributed by atoms with E-state index in [1.54, 1.807) is 7.11 Å². The summed E-state index contributed by atoms with van der Waals surface area (Å²) in [4.78, 5) is 11.4. The first-order chi connectivity index (χ1) is 11.6. The molecule has 0 bridgehead atoms. The minimum absolute atomic E-state index is 0.0364. The van der Waals surface area contributed by atoms with Crippen molar-refractivity contribution in [2.75, 3.05) is 20.8 Å². The van der Waals surface area contributed by atoms with Gasteiger partial charge in [-0.25, -0.2) is 0 Å². The molecule has 0 aliphatic heterocycles. The molecule has 0 saturated heterocycles. The molecule has 0 atom stereocenters. The number of hydrogen-bond donors (Lipinski definition) is 0. The Bertz CT molecular complexity index is 582. The van der Waals surface area contributed by atoms with Crippen molar-refractivity contribution in [2.24, 2.45) is 0 Å². The van der Waals surface area contributed by atoms with Gasteiger partial charge in [0.15, 0.2) is 0 Å². The van der Waals surface area contributed by atoms with Gasteiger partial charge in [0, 0.05) is 17.5 Å². The van der Waals surface area contributed by atoms with Crippen LogP contribution in [0.1, 0.15) is 71.9 Å². The van der Waals surface area contributed by atoms with Crippen molar-refractivity contribution in [3.8, 4) is 11.5 Å². The molecule has 1 aromatic carbocycles. The van der Waals surface area contributed by atoms with Gasteiger partial charge in [-0.1, -0.05) is 34.6 Å². The van der Waals surface area contributed by atoms with E-state index in [1.807, 2.05) is 6.92 Å². The van der Waals surface area contributed by atoms with Gasteiger partial charge in [0.25, 0.3) is 0 Å². The zero-order valence-electron chi connectivity index (χ0n) is 17.1. The highest BCUT2D eigenvalue weighted by Gasteiger charge is 2.29. The Morgan fingerprint density at radius 3 is 2.08 bits per heavy atom. The standard InChI is InChI=1S/C21H34O4/c1-9-25-18-14-16(17(23-7)13-15(18)20(2,3)4)21(5,6)12-10-11-19(22)24-8/h13-14H,9-12H2,1-8H3. The molecule has 25 heavy (non-hydrogen) atoms. The van der Waals surface area contributed by atoms with Crippen molar-refractivity contribution in [3.63, 3.8) is 0 Å². The van der Waals surface area contributed by atoms with Gasteiger partial charge in [0.2, 0.25) is 0 Å². The van der Waals surface area contributed by atoms with Crippen LogP contribution in [0.2, 0.25) is 0 Å². The van der Waals surface area contributed by atoms with Gasteiger partial charge >= 0.3 is 5.97 Å². The van der Waals surface area contributed by atoms with E-state index in [-0.39, 0.29) is 16.8 Å². The fourth-order valence-corrected chi connectivity index (χ4v) is 3.03. The lowest BCUT2D eigenvalue weighted by Gasteiger charge is -2.31. The van der Waals surface area contributed by atoms with E-state index in [4.69, 9.17) is 14.2 Å². The van der Waals surface area contributed by atoms with Gasteiger partial charge in [-0.3, -0.25) is 4.79 Å². The third-order valence-electron chi connectivity index (χ3n) is 4.55. The average Bonchev–Trinajstić information content (AvgIpc) is 2.53. The molecular weight excluding hydrogens is 316 g/mol. The maximum Gasteiger partial charge on any atom is 0.305 e. The van der Waals surface area contributed by atoms with Crippen LogP contribution >= 0.6 is 0 Å². The van der Waals surface area contributed by atoms with Crippen molar-refractivity contribution < 1.29 is 19.0 Å². The molecule has 1 rings (SSSR count). The predicted octanol–water partition coefficient (Wildman–Crippen LogP) is 5.01. The lowest BCUT2D eigenvalue weighted by atomic mass is 9.77. The molecule has 142 valence electrons. The molecule has 0 saturated carbocycles. The molecule has 4 heteroatoms. The molecule has 1 aromatic rings. The zero-order valence-corrected chi connectivity index (χ0v) is 17.1. The Kier molecular flexibility index (Phi) is 7.33. The summed E-state index contributed by atoms with van der Waals surface area (Å²) in [6.07, 6.45) is 2.06. The first-order valence-corrected chi connectivity index (χ1v) is 8.99. The topological polar surface area (TPSA) is 44.8 Å². The number of esters is 1. The molecule has 0 unspecified atom stereocenters. The summed E-state index contributed by atoms with van der Waals surface area (Å²) < 4.78 is 16.4. The number of rotatable bonds is 8. The minimum Gasteiger partial charge on any atom is -0.496 e. The molecule has 0 N–H and O–H groups in total. The Balaban J connectivity index is 3.23. The van der Waals surface area contributed by atoms with E-state index in [9.17, 15) is 4.79 Å². The third-order valence-corrected chi connectivity index (χ3v) is 4.55. The van der Waals surface area contributed by atoms with Crippen LogP contribution in [0.4, 0.5) is 0 Å². The number of methoxy groups -OCH3 is 2. The van der Waals surface area contributed by atoms with Crippen molar-refractivity contribution in [2.45, 2.75) is 71.6 Å². The molecule has 0 amide bonds. The fourth-order valence-electron chi connectivity index (χ4n) is 3.03. The van der Waals surface area contributed by atoms with Gasteiger partial charge in [-0.05, 0) is 42.7 Å². The quantitative estimate of drug-likeness (QED) is 0.618. The second kappa shape index (κ2) is 8.59. The first kappa shape index (κ1) is 21.3. The summed E-state index contributed by atoms with van der Waals surface area (Å²) in [5, 5.41) is 0. The van der Waals surface area contributed by atoms with Crippen molar-refractivity contribution in [1.29, 1.82) is 0 Å². The number of ether oxygens (including phenoxy) is 3. The first-order valence-electron chi connectivity index (χ1n) is 8.99. The molecule has 0 aromatic heterocycles. The number of hydrogen-bond acceptors (Lipinski definition) is 4. The van der Waals surface area contributed by atoms with Crippen molar-refractivity contribution >= 4 is 5.97 Å². The number of benzene rings is 1. The zero-order chi connectivity index (χ0) is 19.3. The molecule has 0 radical (unpaired) electrons. The lowest BCUT2D eigenvalue weighted by Crippen LogP contribution is -2.21. The predicted molar refractivity (Wildman–Crippen MR) is 102 cm³/mol. The highest BCUT2D eigenvalue weighted by atomic mass is 16.5. The Morgan fingerprint density at radius 2 is 1.60 bits per heavy atom. The molecule has 0 aliphatic rings. The Morgan fingerprint density at radius 1 is 1.00 bits per heavy atom. The van der Waals surface area contributed by atoms with Gasteiger partial charge in [0.05, 0.1) is 20.8 Å². The maximum absolute atomic E-state index is 11.4. The van der Waals surface area contributed by atoms with E-state index in [0.29, 0.717) is 13.0 Å². The van der Waals surface area contributed by atoms with Crippen LogP contribution in [-0.2, 0) is 20.4 Å². The smallest absolute Gasteiger partial charge is 0.305 e. The Labute approximate surface area is 152 Å². The fraction of sp³-hybridized carbons (Fsp3) is 0.667. The molecule has 0 aliphatic carbocycles. The SMILES string of the molecule is CCOc1cc(C(C)(C)CCCC(=O)OC)c(OC)cc1C(C)(C)C.